The molecule has 2 nitrogen and oxygen atoms in total. The van der Waals surface area contributed by atoms with Crippen molar-refractivity contribution in [1.29, 1.82) is 0 Å². The molecule has 0 spiro atoms. The Kier molecular flexibility index (Phi) is 4.13. The Morgan fingerprint density at radius 1 is 1.11 bits per heavy atom. The molecule has 2 aromatic carbocycles. The third-order valence-corrected chi connectivity index (χ3v) is 2.93. The molecule has 1 N–H and O–H groups in total. The number of ketones is 1. The number of hydrogen-bond donors (Lipinski definition) is 1. The van der Waals surface area contributed by atoms with Crippen LogP contribution in [0, 0.1) is 0 Å². The van der Waals surface area contributed by atoms with Crippen molar-refractivity contribution >= 4 is 17.4 Å². The minimum Gasteiger partial charge on any atom is -0.316 e. The quantitative estimate of drug-likeness (QED) is 0.854. The molecule has 0 saturated heterocycles. The number of benzene rings is 2. The van der Waals surface area contributed by atoms with Crippen LogP contribution in [-0.2, 0) is 6.54 Å². The summed E-state index contributed by atoms with van der Waals surface area (Å²) >= 11 is 5.81. The zero-order valence-corrected chi connectivity index (χ0v) is 10.9. The van der Waals surface area contributed by atoms with Crippen LogP contribution in [0.15, 0.2) is 48.5 Å². The molecule has 0 aliphatic carbocycles. The van der Waals surface area contributed by atoms with Crippen LogP contribution < -0.4 is 5.32 Å². The maximum Gasteiger partial charge on any atom is 0.193 e. The zero-order chi connectivity index (χ0) is 13.0. The van der Waals surface area contributed by atoms with Gasteiger partial charge in [-0.15, -0.1) is 0 Å². The lowest BCUT2D eigenvalue weighted by molar-refractivity contribution is 0.103. The first-order chi connectivity index (χ1) is 8.70. The Morgan fingerprint density at radius 3 is 2.50 bits per heavy atom. The van der Waals surface area contributed by atoms with Gasteiger partial charge in [0.1, 0.15) is 0 Å². The summed E-state index contributed by atoms with van der Waals surface area (Å²) in [5.41, 5.74) is 2.45. The highest BCUT2D eigenvalue weighted by Crippen LogP contribution is 2.15. The van der Waals surface area contributed by atoms with E-state index in [-0.39, 0.29) is 5.78 Å². The number of nitrogens with one attached hydrogen (secondary N) is 1. The second-order valence-electron chi connectivity index (χ2n) is 4.07. The topological polar surface area (TPSA) is 29.1 Å². The Labute approximate surface area is 112 Å². The first kappa shape index (κ1) is 12.8. The van der Waals surface area contributed by atoms with Gasteiger partial charge in [-0.05, 0) is 42.9 Å². The fraction of sp³-hybridized carbons (Fsp3) is 0.133. The average molecular weight is 260 g/mol. The number of carbonyl (C=O) groups excluding carboxylic acids is 1. The molecule has 0 atom stereocenters. The monoisotopic (exact) mass is 259 g/mol. The van der Waals surface area contributed by atoms with Crippen LogP contribution >= 0.6 is 11.6 Å². The fourth-order valence-corrected chi connectivity index (χ4v) is 1.92. The Morgan fingerprint density at radius 2 is 1.83 bits per heavy atom. The summed E-state index contributed by atoms with van der Waals surface area (Å²) in [4.78, 5) is 12.3. The van der Waals surface area contributed by atoms with E-state index < -0.39 is 0 Å². The average Bonchev–Trinajstić information content (AvgIpc) is 2.39. The molecule has 0 amide bonds. The highest BCUT2D eigenvalue weighted by atomic mass is 35.5. The van der Waals surface area contributed by atoms with Gasteiger partial charge in [0.25, 0.3) is 0 Å². The Hall–Kier alpha value is -1.64. The normalized spacial score (nSPS) is 10.3. The number of carbonyl (C=O) groups is 1. The van der Waals surface area contributed by atoms with Crippen LogP contribution in [0.25, 0.3) is 0 Å². The molecule has 92 valence electrons. The molecule has 2 aromatic rings. The lowest BCUT2D eigenvalue weighted by atomic mass is 10.0. The van der Waals surface area contributed by atoms with Crippen molar-refractivity contribution in [2.45, 2.75) is 6.54 Å². The van der Waals surface area contributed by atoms with Gasteiger partial charge in [0, 0.05) is 22.7 Å². The van der Waals surface area contributed by atoms with Crippen LogP contribution in [0.5, 0.6) is 0 Å². The molecule has 0 heterocycles. The maximum atomic E-state index is 12.3. The molecule has 3 heteroatoms. The Bertz CT molecular complexity index is 549. The summed E-state index contributed by atoms with van der Waals surface area (Å²) in [5.74, 6) is 0.0182. The summed E-state index contributed by atoms with van der Waals surface area (Å²) in [6, 6.07) is 14.6. The third kappa shape index (κ3) is 2.97. The molecule has 0 fully saturated rings. The molecule has 18 heavy (non-hydrogen) atoms. The first-order valence-corrected chi connectivity index (χ1v) is 6.12. The van der Waals surface area contributed by atoms with Gasteiger partial charge in [0.05, 0.1) is 0 Å². The second-order valence-corrected chi connectivity index (χ2v) is 4.50. The maximum absolute atomic E-state index is 12.3. The van der Waals surface area contributed by atoms with Gasteiger partial charge >= 0.3 is 0 Å². The van der Waals surface area contributed by atoms with Crippen molar-refractivity contribution in [2.24, 2.45) is 0 Å². The van der Waals surface area contributed by atoms with Crippen LogP contribution in [0.2, 0.25) is 5.02 Å². The largest absolute Gasteiger partial charge is 0.316 e. The van der Waals surface area contributed by atoms with E-state index in [1.807, 2.05) is 31.3 Å². The minimum atomic E-state index is 0.0182. The summed E-state index contributed by atoms with van der Waals surface area (Å²) in [6.07, 6.45) is 0. The minimum absolute atomic E-state index is 0.0182. The molecular weight excluding hydrogens is 246 g/mol. The van der Waals surface area contributed by atoms with E-state index in [0.29, 0.717) is 16.1 Å². The van der Waals surface area contributed by atoms with E-state index in [2.05, 4.69) is 5.32 Å². The molecular formula is C15H14ClNO. The summed E-state index contributed by atoms with van der Waals surface area (Å²) in [7, 11) is 1.88. The van der Waals surface area contributed by atoms with Gasteiger partial charge in [-0.25, -0.2) is 0 Å². The first-order valence-electron chi connectivity index (χ1n) is 5.74. The molecule has 0 aliphatic heterocycles. The van der Waals surface area contributed by atoms with Gasteiger partial charge in [-0.2, -0.15) is 0 Å². The van der Waals surface area contributed by atoms with Gasteiger partial charge < -0.3 is 5.32 Å². The van der Waals surface area contributed by atoms with Crippen LogP contribution in [0.4, 0.5) is 0 Å². The van der Waals surface area contributed by atoms with E-state index in [0.717, 1.165) is 12.1 Å². The molecule has 2 rings (SSSR count). The highest BCUT2D eigenvalue weighted by molar-refractivity contribution is 6.30. The van der Waals surface area contributed by atoms with Crippen molar-refractivity contribution in [2.75, 3.05) is 7.05 Å². The van der Waals surface area contributed by atoms with Gasteiger partial charge in [-0.1, -0.05) is 29.8 Å². The lowest BCUT2D eigenvalue weighted by Gasteiger charge is -2.04. The Balaban J connectivity index is 2.28. The highest BCUT2D eigenvalue weighted by Gasteiger charge is 2.09. The summed E-state index contributed by atoms with van der Waals surface area (Å²) < 4.78 is 0. The van der Waals surface area contributed by atoms with E-state index >= 15 is 0 Å². The van der Waals surface area contributed by atoms with E-state index in [4.69, 9.17) is 11.6 Å². The molecule has 0 aromatic heterocycles. The van der Waals surface area contributed by atoms with Gasteiger partial charge in [0.15, 0.2) is 5.78 Å². The predicted molar refractivity (Wildman–Crippen MR) is 74.1 cm³/mol. The second kappa shape index (κ2) is 5.80. The van der Waals surface area contributed by atoms with Crippen LogP contribution in [0.3, 0.4) is 0 Å². The van der Waals surface area contributed by atoms with E-state index in [1.54, 1.807) is 24.3 Å². The van der Waals surface area contributed by atoms with Crippen molar-refractivity contribution in [3.63, 3.8) is 0 Å². The van der Waals surface area contributed by atoms with Gasteiger partial charge in [0.2, 0.25) is 0 Å². The van der Waals surface area contributed by atoms with E-state index in [1.165, 1.54) is 0 Å². The number of hydrogen-bond acceptors (Lipinski definition) is 2. The summed E-state index contributed by atoms with van der Waals surface area (Å²) in [5, 5.41) is 3.70. The van der Waals surface area contributed by atoms with E-state index in [9.17, 15) is 4.79 Å². The smallest absolute Gasteiger partial charge is 0.193 e. The van der Waals surface area contributed by atoms with Crippen LogP contribution in [-0.4, -0.2) is 12.8 Å². The molecule has 0 radical (unpaired) electrons. The van der Waals surface area contributed by atoms with Crippen molar-refractivity contribution in [3.8, 4) is 0 Å². The zero-order valence-electron chi connectivity index (χ0n) is 10.1. The number of halogens is 1. The van der Waals surface area contributed by atoms with Crippen molar-refractivity contribution < 1.29 is 4.79 Å². The molecule has 0 bridgehead atoms. The predicted octanol–water partition coefficient (Wildman–Crippen LogP) is 3.29. The third-order valence-electron chi connectivity index (χ3n) is 2.68. The van der Waals surface area contributed by atoms with Crippen LogP contribution in [0.1, 0.15) is 21.5 Å². The fourth-order valence-electron chi connectivity index (χ4n) is 1.79. The van der Waals surface area contributed by atoms with Crippen molar-refractivity contribution in [1.82, 2.24) is 5.32 Å². The SMILES string of the molecule is CNCc1cccc(C(=O)c2ccc(Cl)cc2)c1. The molecule has 0 unspecified atom stereocenters. The van der Waals surface area contributed by atoms with Gasteiger partial charge in [-0.3, -0.25) is 4.79 Å². The molecule has 0 aliphatic rings. The standard InChI is InChI=1S/C15H14ClNO/c1-17-10-11-3-2-4-13(9-11)15(18)12-5-7-14(16)8-6-12/h2-9,17H,10H2,1H3. The summed E-state index contributed by atoms with van der Waals surface area (Å²) in [6.45, 7) is 0.752. The lowest BCUT2D eigenvalue weighted by Crippen LogP contribution is -2.07. The number of rotatable bonds is 4. The van der Waals surface area contributed by atoms with Crippen molar-refractivity contribution in [3.05, 3.63) is 70.2 Å². The molecule has 0 saturated carbocycles.